The molecule has 5 heteroatoms. The fourth-order valence-electron chi connectivity index (χ4n) is 4.21. The van der Waals surface area contributed by atoms with Gasteiger partial charge < -0.3 is 10.6 Å². The summed E-state index contributed by atoms with van der Waals surface area (Å²) in [7, 11) is 1.88. The lowest BCUT2D eigenvalue weighted by Gasteiger charge is -2.26. The second kappa shape index (κ2) is 5.70. The van der Waals surface area contributed by atoms with E-state index >= 15 is 0 Å². The minimum Gasteiger partial charge on any atom is -0.395 e. The number of carbonyl (C=O) groups is 1. The van der Waals surface area contributed by atoms with Gasteiger partial charge in [-0.2, -0.15) is 5.10 Å². The van der Waals surface area contributed by atoms with Crippen LogP contribution in [0.2, 0.25) is 0 Å². The molecular weight excluding hydrogens is 264 g/mol. The van der Waals surface area contributed by atoms with Crippen molar-refractivity contribution in [2.45, 2.75) is 45.4 Å². The van der Waals surface area contributed by atoms with E-state index in [-0.39, 0.29) is 5.91 Å². The highest BCUT2D eigenvalue weighted by atomic mass is 16.2. The Morgan fingerprint density at radius 2 is 2.24 bits per heavy atom. The predicted octanol–water partition coefficient (Wildman–Crippen LogP) is 2.45. The van der Waals surface area contributed by atoms with E-state index in [1.165, 1.54) is 25.7 Å². The molecule has 116 valence electrons. The molecule has 1 aromatic rings. The number of nitrogens with zero attached hydrogens (tertiary/aromatic N) is 2. The molecule has 0 saturated heterocycles. The van der Waals surface area contributed by atoms with Crippen molar-refractivity contribution < 1.29 is 4.79 Å². The standard InChI is InChI=1S/C16H26N4O/c1-3-4-13-14(17)15(19-18-13)16(21)20(2)9-12-8-10-5-6-11(12)7-10/h10-12H,3-9,17H2,1-2H3,(H,18,19). The summed E-state index contributed by atoms with van der Waals surface area (Å²) < 4.78 is 0. The van der Waals surface area contributed by atoms with Gasteiger partial charge in [0.2, 0.25) is 0 Å². The van der Waals surface area contributed by atoms with E-state index in [2.05, 4.69) is 17.1 Å². The van der Waals surface area contributed by atoms with E-state index in [0.29, 0.717) is 17.3 Å². The Hall–Kier alpha value is -1.52. The monoisotopic (exact) mass is 290 g/mol. The van der Waals surface area contributed by atoms with Crippen molar-refractivity contribution in [3.8, 4) is 0 Å². The molecule has 2 saturated carbocycles. The maximum atomic E-state index is 12.5. The van der Waals surface area contributed by atoms with Crippen LogP contribution >= 0.6 is 0 Å². The van der Waals surface area contributed by atoms with Crippen LogP contribution in [0.15, 0.2) is 0 Å². The lowest BCUT2D eigenvalue weighted by atomic mass is 9.88. The van der Waals surface area contributed by atoms with Gasteiger partial charge in [0.15, 0.2) is 5.69 Å². The number of nitrogens with one attached hydrogen (secondary N) is 1. The van der Waals surface area contributed by atoms with Crippen LogP contribution in [0, 0.1) is 17.8 Å². The van der Waals surface area contributed by atoms with Crippen molar-refractivity contribution >= 4 is 11.6 Å². The first-order chi connectivity index (χ1) is 10.1. The molecule has 2 bridgehead atoms. The molecule has 0 spiro atoms. The van der Waals surface area contributed by atoms with Gasteiger partial charge in [0.1, 0.15) is 0 Å². The fraction of sp³-hybridized carbons (Fsp3) is 0.750. The summed E-state index contributed by atoms with van der Waals surface area (Å²) >= 11 is 0. The highest BCUT2D eigenvalue weighted by Crippen LogP contribution is 2.48. The van der Waals surface area contributed by atoms with Crippen LogP contribution in [0.1, 0.15) is 55.2 Å². The smallest absolute Gasteiger partial charge is 0.276 e. The van der Waals surface area contributed by atoms with E-state index in [1.54, 1.807) is 0 Å². The number of hydrogen-bond acceptors (Lipinski definition) is 3. The molecule has 0 aromatic carbocycles. The summed E-state index contributed by atoms with van der Waals surface area (Å²) in [6, 6.07) is 0. The number of aromatic amines is 1. The van der Waals surface area contributed by atoms with Crippen LogP contribution in [0.4, 0.5) is 5.69 Å². The number of aromatic nitrogens is 2. The van der Waals surface area contributed by atoms with Crippen molar-refractivity contribution in [2.75, 3.05) is 19.3 Å². The average molecular weight is 290 g/mol. The minimum atomic E-state index is -0.0473. The number of rotatable bonds is 5. The van der Waals surface area contributed by atoms with Gasteiger partial charge >= 0.3 is 0 Å². The van der Waals surface area contributed by atoms with Gasteiger partial charge in [-0.05, 0) is 43.4 Å². The molecule has 1 amide bonds. The zero-order chi connectivity index (χ0) is 15.0. The quantitative estimate of drug-likeness (QED) is 0.874. The summed E-state index contributed by atoms with van der Waals surface area (Å²) in [4.78, 5) is 14.4. The van der Waals surface area contributed by atoms with E-state index in [1.807, 2.05) is 11.9 Å². The van der Waals surface area contributed by atoms with Gasteiger partial charge in [0, 0.05) is 13.6 Å². The Morgan fingerprint density at radius 3 is 2.86 bits per heavy atom. The van der Waals surface area contributed by atoms with Crippen molar-refractivity contribution in [3.63, 3.8) is 0 Å². The molecule has 5 nitrogen and oxygen atoms in total. The lowest BCUT2D eigenvalue weighted by molar-refractivity contribution is 0.0749. The van der Waals surface area contributed by atoms with Crippen LogP contribution in [-0.2, 0) is 6.42 Å². The number of aryl methyl sites for hydroxylation is 1. The Bertz CT molecular complexity index is 524. The zero-order valence-corrected chi connectivity index (χ0v) is 13.1. The van der Waals surface area contributed by atoms with Crippen LogP contribution in [0.5, 0.6) is 0 Å². The maximum Gasteiger partial charge on any atom is 0.276 e. The van der Waals surface area contributed by atoms with E-state index in [9.17, 15) is 4.79 Å². The largest absolute Gasteiger partial charge is 0.395 e. The van der Waals surface area contributed by atoms with Gasteiger partial charge in [-0.1, -0.05) is 19.8 Å². The second-order valence-electron chi connectivity index (χ2n) is 6.84. The molecule has 2 aliphatic rings. The summed E-state index contributed by atoms with van der Waals surface area (Å²) in [6.07, 6.45) is 7.23. The Morgan fingerprint density at radius 1 is 1.43 bits per heavy atom. The van der Waals surface area contributed by atoms with E-state index < -0.39 is 0 Å². The number of H-pyrrole nitrogens is 1. The van der Waals surface area contributed by atoms with Crippen LogP contribution in [0.3, 0.4) is 0 Å². The molecule has 2 aliphatic carbocycles. The molecule has 1 heterocycles. The second-order valence-corrected chi connectivity index (χ2v) is 6.84. The van der Waals surface area contributed by atoms with Crippen molar-refractivity contribution in [1.29, 1.82) is 0 Å². The van der Waals surface area contributed by atoms with Crippen molar-refractivity contribution in [1.82, 2.24) is 15.1 Å². The first-order valence-electron chi connectivity index (χ1n) is 8.18. The molecule has 3 unspecified atom stereocenters. The number of amides is 1. The number of hydrogen-bond donors (Lipinski definition) is 2. The summed E-state index contributed by atoms with van der Waals surface area (Å²) in [6.45, 7) is 2.93. The van der Waals surface area contributed by atoms with E-state index in [4.69, 9.17) is 5.73 Å². The molecule has 21 heavy (non-hydrogen) atoms. The number of nitrogen functional groups attached to an aromatic ring is 1. The Labute approximate surface area is 126 Å². The fourth-order valence-corrected chi connectivity index (χ4v) is 4.21. The van der Waals surface area contributed by atoms with Gasteiger partial charge in [-0.15, -0.1) is 0 Å². The number of anilines is 1. The summed E-state index contributed by atoms with van der Waals surface area (Å²) in [5.74, 6) is 2.37. The third-order valence-corrected chi connectivity index (χ3v) is 5.33. The molecule has 0 radical (unpaired) electrons. The molecular formula is C16H26N4O. The average Bonchev–Trinajstić information content (AvgIpc) is 3.15. The highest BCUT2D eigenvalue weighted by Gasteiger charge is 2.40. The SMILES string of the molecule is CCCc1[nH]nc(C(=O)N(C)CC2CC3CCC2C3)c1N. The third kappa shape index (κ3) is 2.65. The lowest BCUT2D eigenvalue weighted by Crippen LogP contribution is -2.34. The van der Waals surface area contributed by atoms with Crippen LogP contribution in [0.25, 0.3) is 0 Å². The third-order valence-electron chi connectivity index (χ3n) is 5.33. The molecule has 3 rings (SSSR count). The summed E-state index contributed by atoms with van der Waals surface area (Å²) in [5.41, 5.74) is 7.86. The number of carbonyl (C=O) groups excluding carboxylic acids is 1. The molecule has 0 aliphatic heterocycles. The van der Waals surface area contributed by atoms with Gasteiger partial charge in [-0.3, -0.25) is 9.89 Å². The van der Waals surface area contributed by atoms with Crippen LogP contribution in [-0.4, -0.2) is 34.6 Å². The van der Waals surface area contributed by atoms with Crippen molar-refractivity contribution in [3.05, 3.63) is 11.4 Å². The Kier molecular flexibility index (Phi) is 3.91. The maximum absolute atomic E-state index is 12.5. The van der Waals surface area contributed by atoms with Gasteiger partial charge in [0.05, 0.1) is 11.4 Å². The van der Waals surface area contributed by atoms with Crippen molar-refractivity contribution in [2.24, 2.45) is 17.8 Å². The zero-order valence-electron chi connectivity index (χ0n) is 13.1. The molecule has 3 atom stereocenters. The Balaban J connectivity index is 1.64. The topological polar surface area (TPSA) is 75.0 Å². The predicted molar refractivity (Wildman–Crippen MR) is 82.9 cm³/mol. The van der Waals surface area contributed by atoms with Gasteiger partial charge in [-0.25, -0.2) is 0 Å². The van der Waals surface area contributed by atoms with E-state index in [0.717, 1.165) is 36.9 Å². The van der Waals surface area contributed by atoms with Gasteiger partial charge in [0.25, 0.3) is 5.91 Å². The molecule has 1 aromatic heterocycles. The normalized spacial score (nSPS) is 27.2. The molecule has 2 fully saturated rings. The number of fused-ring (bicyclic) bond motifs is 2. The molecule has 3 N–H and O–H groups in total. The minimum absolute atomic E-state index is 0.0473. The summed E-state index contributed by atoms with van der Waals surface area (Å²) in [5, 5.41) is 7.05. The number of nitrogens with two attached hydrogens (primary N) is 1. The first kappa shape index (κ1) is 14.4. The highest BCUT2D eigenvalue weighted by molar-refractivity contribution is 5.97. The van der Waals surface area contributed by atoms with Crippen LogP contribution < -0.4 is 5.73 Å². The first-order valence-corrected chi connectivity index (χ1v) is 8.18.